The Labute approximate surface area is 227 Å². The van der Waals surface area contributed by atoms with Gasteiger partial charge in [0.2, 0.25) is 10.0 Å². The molecule has 4 rings (SSSR count). The molecule has 0 atom stereocenters. The molecule has 1 amide bonds. The number of hydrogen-bond acceptors (Lipinski definition) is 6. The van der Waals surface area contributed by atoms with Gasteiger partial charge in [-0.3, -0.25) is 4.72 Å². The lowest BCUT2D eigenvalue weighted by Gasteiger charge is -2.37. The van der Waals surface area contributed by atoms with Crippen LogP contribution in [0, 0.1) is 11.6 Å². The molecule has 0 unspecified atom stereocenters. The molecule has 1 fully saturated rings. The second-order valence-corrected chi connectivity index (χ2v) is 12.6. The Bertz CT molecular complexity index is 1460. The summed E-state index contributed by atoms with van der Waals surface area (Å²) in [6.45, 7) is 8.36. The summed E-state index contributed by atoms with van der Waals surface area (Å²) in [7, 11) is -1.82. The predicted octanol–water partition coefficient (Wildman–Crippen LogP) is 5.29. The molecular formula is C27H35F2N5O4S. The fraction of sp³-hybridized carbons (Fsp3) is 0.481. The van der Waals surface area contributed by atoms with Gasteiger partial charge in [0.1, 0.15) is 22.9 Å². The molecule has 12 heteroatoms. The Balaban J connectivity index is 1.54. The van der Waals surface area contributed by atoms with E-state index in [1.165, 1.54) is 10.8 Å². The minimum Gasteiger partial charge on any atom is -0.444 e. The predicted molar refractivity (Wildman–Crippen MR) is 148 cm³/mol. The number of aromatic nitrogens is 2. The first kappa shape index (κ1) is 28.6. The number of pyridine rings is 1. The first-order chi connectivity index (χ1) is 18.3. The molecule has 0 radical (unpaired) electrons. The van der Waals surface area contributed by atoms with Gasteiger partial charge >= 0.3 is 6.09 Å². The number of amides is 1. The maximum absolute atomic E-state index is 15.4. The van der Waals surface area contributed by atoms with Gasteiger partial charge in [-0.1, -0.05) is 6.92 Å². The number of likely N-dealkylation sites (tertiary alicyclic amines) is 1. The van der Waals surface area contributed by atoms with Crippen molar-refractivity contribution in [2.75, 3.05) is 35.5 Å². The van der Waals surface area contributed by atoms with E-state index < -0.39 is 27.3 Å². The number of sulfonamides is 1. The molecule has 9 nitrogen and oxygen atoms in total. The molecule has 212 valence electrons. The summed E-state index contributed by atoms with van der Waals surface area (Å²) in [5, 5.41) is 0. The number of halogens is 2. The molecule has 0 aliphatic carbocycles. The maximum atomic E-state index is 15.4. The first-order valence-electron chi connectivity index (χ1n) is 13.0. The van der Waals surface area contributed by atoms with Crippen LogP contribution in [0.1, 0.15) is 47.0 Å². The van der Waals surface area contributed by atoms with Crippen LogP contribution in [0.3, 0.4) is 0 Å². The van der Waals surface area contributed by atoms with Crippen molar-refractivity contribution in [3.63, 3.8) is 0 Å². The smallest absolute Gasteiger partial charge is 0.410 e. The molecule has 0 spiro atoms. The number of piperidine rings is 1. The van der Waals surface area contributed by atoms with Crippen LogP contribution < -0.4 is 9.62 Å². The van der Waals surface area contributed by atoms with Gasteiger partial charge in [0.25, 0.3) is 0 Å². The fourth-order valence-electron chi connectivity index (χ4n) is 4.68. The molecule has 1 N–H and O–H groups in total. The van der Waals surface area contributed by atoms with Crippen molar-refractivity contribution in [3.05, 3.63) is 48.2 Å². The average molecular weight is 564 g/mol. The zero-order valence-corrected chi connectivity index (χ0v) is 23.7. The van der Waals surface area contributed by atoms with E-state index in [0.29, 0.717) is 36.4 Å². The van der Waals surface area contributed by atoms with E-state index in [0.717, 1.165) is 25.0 Å². The number of carbonyl (C=O) groups is 1. The summed E-state index contributed by atoms with van der Waals surface area (Å²) in [6.07, 6.45) is 3.04. The zero-order valence-electron chi connectivity index (χ0n) is 22.9. The van der Waals surface area contributed by atoms with Gasteiger partial charge in [-0.2, -0.15) is 0 Å². The fourth-order valence-corrected chi connectivity index (χ4v) is 5.81. The molecule has 0 saturated carbocycles. The summed E-state index contributed by atoms with van der Waals surface area (Å²) in [5.74, 6) is -1.32. The summed E-state index contributed by atoms with van der Waals surface area (Å²) >= 11 is 0. The van der Waals surface area contributed by atoms with Gasteiger partial charge in [0, 0.05) is 32.4 Å². The van der Waals surface area contributed by atoms with Gasteiger partial charge in [0.05, 0.1) is 22.5 Å². The van der Waals surface area contributed by atoms with Gasteiger partial charge < -0.3 is 19.1 Å². The third kappa shape index (κ3) is 6.43. The van der Waals surface area contributed by atoms with Crippen LogP contribution in [0.2, 0.25) is 0 Å². The number of nitrogens with one attached hydrogen (secondary N) is 1. The lowest BCUT2D eigenvalue weighted by molar-refractivity contribution is 0.0205. The van der Waals surface area contributed by atoms with Crippen molar-refractivity contribution in [3.8, 4) is 5.69 Å². The number of nitrogens with zero attached hydrogens (tertiary/aromatic N) is 4. The Morgan fingerprint density at radius 2 is 1.85 bits per heavy atom. The molecule has 3 heterocycles. The molecule has 1 aromatic carbocycles. The lowest BCUT2D eigenvalue weighted by Crippen LogP contribution is -2.47. The highest BCUT2D eigenvalue weighted by atomic mass is 32.2. The Morgan fingerprint density at radius 1 is 1.15 bits per heavy atom. The van der Waals surface area contributed by atoms with Crippen LogP contribution in [0.25, 0.3) is 16.7 Å². The van der Waals surface area contributed by atoms with Crippen molar-refractivity contribution in [1.82, 2.24) is 14.5 Å². The highest BCUT2D eigenvalue weighted by Crippen LogP contribution is 2.30. The zero-order chi connectivity index (χ0) is 28.5. The van der Waals surface area contributed by atoms with Gasteiger partial charge in [-0.25, -0.2) is 27.0 Å². The molecule has 0 bridgehead atoms. The minimum absolute atomic E-state index is 0.151. The highest BCUT2D eigenvalue weighted by Gasteiger charge is 2.29. The van der Waals surface area contributed by atoms with Gasteiger partial charge in [-0.15, -0.1) is 0 Å². The van der Waals surface area contributed by atoms with Crippen LogP contribution in [0.5, 0.6) is 0 Å². The number of anilines is 2. The third-order valence-corrected chi connectivity index (χ3v) is 8.08. The van der Waals surface area contributed by atoms with E-state index in [9.17, 15) is 17.6 Å². The molecular weight excluding hydrogens is 528 g/mol. The molecule has 2 aromatic heterocycles. The van der Waals surface area contributed by atoms with Crippen LogP contribution in [0.4, 0.5) is 25.1 Å². The quantitative estimate of drug-likeness (QED) is 0.420. The van der Waals surface area contributed by atoms with Crippen molar-refractivity contribution in [2.24, 2.45) is 0 Å². The Hall–Kier alpha value is -3.41. The van der Waals surface area contributed by atoms with E-state index in [2.05, 4.69) is 4.72 Å². The van der Waals surface area contributed by atoms with Crippen molar-refractivity contribution < 1.29 is 26.7 Å². The maximum Gasteiger partial charge on any atom is 0.410 e. The Morgan fingerprint density at radius 3 is 2.49 bits per heavy atom. The van der Waals surface area contributed by atoms with E-state index in [4.69, 9.17) is 9.72 Å². The second kappa shape index (κ2) is 11.0. The normalized spacial score (nSPS) is 15.0. The molecule has 39 heavy (non-hydrogen) atoms. The Kier molecular flexibility index (Phi) is 8.06. The summed E-state index contributed by atoms with van der Waals surface area (Å²) in [4.78, 5) is 20.9. The van der Waals surface area contributed by atoms with Crippen molar-refractivity contribution in [1.29, 1.82) is 0 Å². The largest absolute Gasteiger partial charge is 0.444 e. The van der Waals surface area contributed by atoms with Crippen LogP contribution in [-0.4, -0.2) is 66.5 Å². The monoisotopic (exact) mass is 563 g/mol. The van der Waals surface area contributed by atoms with Crippen LogP contribution in [0.15, 0.2) is 36.5 Å². The molecule has 1 aliphatic heterocycles. The number of carbonyl (C=O) groups excluding carboxylic acids is 1. The van der Waals surface area contributed by atoms with Crippen molar-refractivity contribution >= 4 is 38.7 Å². The number of rotatable bonds is 7. The SMILES string of the molecule is CCCS(=O)(=O)Nc1ccc(F)c(-n2ccc3nc(N(C)C4CCN(C(=O)OC(C)(C)C)CC4)ccc32)c1F. The van der Waals surface area contributed by atoms with Gasteiger partial charge in [-0.05, 0) is 70.4 Å². The number of benzene rings is 1. The lowest BCUT2D eigenvalue weighted by atomic mass is 10.0. The highest BCUT2D eigenvalue weighted by molar-refractivity contribution is 7.92. The third-order valence-electron chi connectivity index (χ3n) is 6.60. The molecule has 3 aromatic rings. The number of fused-ring (bicyclic) bond motifs is 1. The first-order valence-corrected chi connectivity index (χ1v) is 14.6. The summed E-state index contributed by atoms with van der Waals surface area (Å²) < 4.78 is 63.5. The van der Waals surface area contributed by atoms with Crippen LogP contribution in [-0.2, 0) is 14.8 Å². The number of ether oxygens (including phenoxy) is 1. The molecule has 1 aliphatic rings. The standard InChI is InChI=1S/C27H35F2N5O4S/c1-6-17-39(36,37)31-21-8-7-19(28)25(24(21)29)34-16-13-20-22(34)9-10-23(30-20)32(5)18-11-14-33(15-12-18)26(35)38-27(2,3)4/h7-10,13,16,18,31H,6,11-12,14-15,17H2,1-5H3. The number of hydrogen-bond donors (Lipinski definition) is 1. The van der Waals surface area contributed by atoms with Crippen molar-refractivity contribution in [2.45, 2.75) is 58.6 Å². The van der Waals surface area contributed by atoms with Gasteiger partial charge in [0.15, 0.2) is 5.82 Å². The van der Waals surface area contributed by atoms with E-state index in [1.807, 2.05) is 32.7 Å². The summed E-state index contributed by atoms with van der Waals surface area (Å²) in [6, 6.07) is 7.43. The topological polar surface area (TPSA) is 96.8 Å². The average Bonchev–Trinajstić information content (AvgIpc) is 3.27. The van der Waals surface area contributed by atoms with E-state index in [-0.39, 0.29) is 29.3 Å². The van der Waals surface area contributed by atoms with E-state index in [1.54, 1.807) is 30.0 Å². The second-order valence-electron chi connectivity index (χ2n) is 10.7. The summed E-state index contributed by atoms with van der Waals surface area (Å²) in [5.41, 5.74) is -0.251. The molecule has 1 saturated heterocycles. The van der Waals surface area contributed by atoms with E-state index >= 15 is 4.39 Å². The van der Waals surface area contributed by atoms with Crippen LogP contribution >= 0.6 is 0 Å². The minimum atomic E-state index is -3.76.